The highest BCUT2D eigenvalue weighted by Gasteiger charge is 2.16. The second kappa shape index (κ2) is 9.74. The van der Waals surface area contributed by atoms with Gasteiger partial charge in [-0.2, -0.15) is 8.42 Å². The lowest BCUT2D eigenvalue weighted by molar-refractivity contribution is 0.0526. The Morgan fingerprint density at radius 1 is 1.13 bits per heavy atom. The maximum absolute atomic E-state index is 12.8. The van der Waals surface area contributed by atoms with Crippen LogP contribution in [0.1, 0.15) is 24.2 Å². The Morgan fingerprint density at radius 2 is 1.87 bits per heavy atom. The first kappa shape index (κ1) is 22.5. The second-order valence-corrected chi connectivity index (χ2v) is 9.21. The van der Waals surface area contributed by atoms with Gasteiger partial charge in [-0.25, -0.2) is 4.79 Å². The molecule has 0 atom stereocenters. The molecule has 0 saturated heterocycles. The fraction of sp³-hybridized carbons (Fsp3) is 0.300. The van der Waals surface area contributed by atoms with E-state index in [0.717, 1.165) is 10.2 Å². The molecule has 160 valence electrons. The summed E-state index contributed by atoms with van der Waals surface area (Å²) >= 11 is 7.04. The van der Waals surface area contributed by atoms with Crippen LogP contribution in [0, 0.1) is 0 Å². The molecule has 0 bridgehead atoms. The molecule has 0 spiro atoms. The van der Waals surface area contributed by atoms with E-state index < -0.39 is 16.0 Å². The standard InChI is InChI=1S/C20H21ClN2O5S2/c1-3-27-12-11-23-17-10-5-14(19(24)28-4-2)13-18(17)29-20(23)22-30(25,26)16-8-6-15(21)7-9-16/h5-10,13H,3-4,11-12H2,1-2H3/b22-20-. The minimum absolute atomic E-state index is 0.0490. The van der Waals surface area contributed by atoms with E-state index in [1.54, 1.807) is 29.7 Å². The number of fused-ring (bicyclic) bond motifs is 1. The van der Waals surface area contributed by atoms with E-state index in [-0.39, 0.29) is 11.5 Å². The average Bonchev–Trinajstić information content (AvgIpc) is 3.04. The number of sulfonamides is 1. The van der Waals surface area contributed by atoms with Crippen molar-refractivity contribution < 1.29 is 22.7 Å². The van der Waals surface area contributed by atoms with Crippen molar-refractivity contribution in [3.63, 3.8) is 0 Å². The van der Waals surface area contributed by atoms with Gasteiger partial charge in [0.05, 0.1) is 33.9 Å². The van der Waals surface area contributed by atoms with Crippen LogP contribution in [0.4, 0.5) is 0 Å². The number of benzene rings is 2. The van der Waals surface area contributed by atoms with Crippen molar-refractivity contribution in [2.24, 2.45) is 4.40 Å². The Bertz CT molecular complexity index is 1210. The van der Waals surface area contributed by atoms with Crippen molar-refractivity contribution in [3.05, 3.63) is 57.9 Å². The van der Waals surface area contributed by atoms with Crippen molar-refractivity contribution >= 4 is 49.1 Å². The summed E-state index contributed by atoms with van der Waals surface area (Å²) in [4.78, 5) is 12.4. The van der Waals surface area contributed by atoms with E-state index in [1.807, 2.05) is 6.92 Å². The molecule has 0 aliphatic carbocycles. The number of esters is 1. The van der Waals surface area contributed by atoms with Gasteiger partial charge in [0.1, 0.15) is 0 Å². The van der Waals surface area contributed by atoms with Gasteiger partial charge in [0.2, 0.25) is 4.80 Å². The molecule has 30 heavy (non-hydrogen) atoms. The molecule has 0 N–H and O–H groups in total. The van der Waals surface area contributed by atoms with Gasteiger partial charge in [-0.15, -0.1) is 4.40 Å². The molecule has 2 aromatic carbocycles. The van der Waals surface area contributed by atoms with Crippen LogP contribution in [0.15, 0.2) is 51.8 Å². The summed E-state index contributed by atoms with van der Waals surface area (Å²) in [5.41, 5.74) is 1.16. The van der Waals surface area contributed by atoms with Crippen molar-refractivity contribution in [3.8, 4) is 0 Å². The molecular weight excluding hydrogens is 448 g/mol. The minimum atomic E-state index is -3.94. The van der Waals surface area contributed by atoms with Gasteiger partial charge in [-0.3, -0.25) is 0 Å². The first-order chi connectivity index (χ1) is 14.4. The van der Waals surface area contributed by atoms with Crippen LogP contribution in [-0.2, 0) is 26.0 Å². The highest BCUT2D eigenvalue weighted by atomic mass is 35.5. The number of hydrogen-bond acceptors (Lipinski definition) is 6. The van der Waals surface area contributed by atoms with Crippen LogP contribution >= 0.6 is 22.9 Å². The zero-order valence-corrected chi connectivity index (χ0v) is 18.9. The first-order valence-corrected chi connectivity index (χ1v) is 11.9. The summed E-state index contributed by atoms with van der Waals surface area (Å²) in [6.07, 6.45) is 0. The molecule has 0 saturated carbocycles. The van der Waals surface area contributed by atoms with Gasteiger partial charge in [-0.1, -0.05) is 22.9 Å². The van der Waals surface area contributed by atoms with Gasteiger partial charge < -0.3 is 14.0 Å². The van der Waals surface area contributed by atoms with E-state index >= 15 is 0 Å². The predicted octanol–water partition coefficient (Wildman–Crippen LogP) is 3.86. The van der Waals surface area contributed by atoms with E-state index in [1.165, 1.54) is 35.6 Å². The van der Waals surface area contributed by atoms with Gasteiger partial charge >= 0.3 is 5.97 Å². The molecule has 10 heteroatoms. The highest BCUT2D eigenvalue weighted by molar-refractivity contribution is 7.90. The number of carbonyl (C=O) groups is 1. The average molecular weight is 469 g/mol. The molecule has 0 fully saturated rings. The minimum Gasteiger partial charge on any atom is -0.462 e. The lowest BCUT2D eigenvalue weighted by Crippen LogP contribution is -2.20. The Hall–Kier alpha value is -2.20. The van der Waals surface area contributed by atoms with Crippen LogP contribution in [0.25, 0.3) is 10.2 Å². The molecule has 1 aromatic heterocycles. The Morgan fingerprint density at radius 3 is 2.53 bits per heavy atom. The summed E-state index contributed by atoms with van der Waals surface area (Å²) in [6, 6.07) is 10.9. The van der Waals surface area contributed by atoms with Crippen LogP contribution in [0.2, 0.25) is 5.02 Å². The fourth-order valence-electron chi connectivity index (χ4n) is 2.76. The summed E-state index contributed by atoms with van der Waals surface area (Å²) < 4.78 is 42.7. The molecule has 7 nitrogen and oxygen atoms in total. The molecule has 0 aliphatic heterocycles. The van der Waals surface area contributed by atoms with E-state index in [0.29, 0.717) is 35.1 Å². The summed E-state index contributed by atoms with van der Waals surface area (Å²) in [7, 11) is -3.94. The number of nitrogens with zero attached hydrogens (tertiary/aromatic N) is 2. The van der Waals surface area contributed by atoms with Crippen LogP contribution in [0.3, 0.4) is 0 Å². The number of thiazole rings is 1. The second-order valence-electron chi connectivity index (χ2n) is 6.16. The topological polar surface area (TPSA) is 87.0 Å². The van der Waals surface area contributed by atoms with Crippen LogP contribution in [-0.4, -0.2) is 38.8 Å². The summed E-state index contributed by atoms with van der Waals surface area (Å²) in [6.45, 7) is 5.26. The zero-order chi connectivity index (χ0) is 21.7. The smallest absolute Gasteiger partial charge is 0.338 e. The fourth-order valence-corrected chi connectivity index (χ4v) is 5.19. The van der Waals surface area contributed by atoms with Gasteiger partial charge in [0.15, 0.2) is 0 Å². The number of halogens is 1. The third kappa shape index (κ3) is 5.10. The largest absolute Gasteiger partial charge is 0.462 e. The van der Waals surface area contributed by atoms with Crippen molar-refractivity contribution in [1.29, 1.82) is 0 Å². The van der Waals surface area contributed by atoms with E-state index in [9.17, 15) is 13.2 Å². The number of rotatable bonds is 8. The summed E-state index contributed by atoms with van der Waals surface area (Å²) in [5.74, 6) is -0.430. The maximum atomic E-state index is 12.8. The van der Waals surface area contributed by atoms with Crippen LogP contribution < -0.4 is 4.80 Å². The van der Waals surface area contributed by atoms with Gasteiger partial charge in [0, 0.05) is 18.2 Å². The Kier molecular flexibility index (Phi) is 7.30. The maximum Gasteiger partial charge on any atom is 0.338 e. The number of ether oxygens (including phenoxy) is 2. The lowest BCUT2D eigenvalue weighted by atomic mass is 10.2. The predicted molar refractivity (Wildman–Crippen MR) is 116 cm³/mol. The molecule has 1 heterocycles. The van der Waals surface area contributed by atoms with Crippen molar-refractivity contribution in [1.82, 2.24) is 4.57 Å². The van der Waals surface area contributed by atoms with E-state index in [2.05, 4.69) is 4.40 Å². The summed E-state index contributed by atoms with van der Waals surface area (Å²) in [5, 5.41) is 0.439. The monoisotopic (exact) mass is 468 g/mol. The molecule has 0 unspecified atom stereocenters. The number of hydrogen-bond donors (Lipinski definition) is 0. The van der Waals surface area contributed by atoms with Crippen molar-refractivity contribution in [2.45, 2.75) is 25.3 Å². The Balaban J connectivity index is 2.13. The Labute approximate surface area is 183 Å². The van der Waals surface area contributed by atoms with Crippen molar-refractivity contribution in [2.75, 3.05) is 19.8 Å². The molecule has 3 rings (SSSR count). The zero-order valence-electron chi connectivity index (χ0n) is 16.5. The third-order valence-electron chi connectivity index (χ3n) is 4.17. The molecule has 0 amide bonds. The quantitative estimate of drug-likeness (QED) is 0.370. The van der Waals surface area contributed by atoms with Gasteiger partial charge in [-0.05, 0) is 56.3 Å². The lowest BCUT2D eigenvalue weighted by Gasteiger charge is -2.06. The number of carbonyl (C=O) groups excluding carboxylic acids is 1. The third-order valence-corrected chi connectivity index (χ3v) is 6.86. The van der Waals surface area contributed by atoms with Crippen LogP contribution in [0.5, 0.6) is 0 Å². The normalized spacial score (nSPS) is 12.4. The molecule has 0 radical (unpaired) electrons. The number of aromatic nitrogens is 1. The SMILES string of the molecule is CCOCCn1/c(=N/S(=O)(=O)c2ccc(Cl)cc2)sc2cc(C(=O)OCC)ccc21. The first-order valence-electron chi connectivity index (χ1n) is 9.30. The van der Waals surface area contributed by atoms with E-state index in [4.69, 9.17) is 21.1 Å². The van der Waals surface area contributed by atoms with Gasteiger partial charge in [0.25, 0.3) is 10.0 Å². The molecule has 0 aliphatic rings. The molecular formula is C20H21ClN2O5S2. The molecule has 3 aromatic rings. The highest BCUT2D eigenvalue weighted by Crippen LogP contribution is 2.21.